The SMILES string of the molecule is CN1[C@@H]2C=C[C@H]1C[C@H](CC(=O)Oc1cccc(C3CCCC3)c1O)C2. The van der Waals surface area contributed by atoms with Crippen molar-refractivity contribution in [2.24, 2.45) is 5.92 Å². The topological polar surface area (TPSA) is 49.8 Å². The van der Waals surface area contributed by atoms with Crippen LogP contribution < -0.4 is 4.74 Å². The molecule has 2 heterocycles. The van der Waals surface area contributed by atoms with Gasteiger partial charge in [0.05, 0.1) is 0 Å². The molecule has 25 heavy (non-hydrogen) atoms. The number of fused-ring (bicyclic) bond motifs is 2. The third kappa shape index (κ3) is 3.32. The summed E-state index contributed by atoms with van der Waals surface area (Å²) in [6.45, 7) is 0. The number of rotatable bonds is 4. The lowest BCUT2D eigenvalue weighted by molar-refractivity contribution is -0.136. The van der Waals surface area contributed by atoms with Gasteiger partial charge in [-0.15, -0.1) is 0 Å². The number of ether oxygens (including phenoxy) is 1. The van der Waals surface area contributed by atoms with E-state index in [0.29, 0.717) is 36.1 Å². The molecule has 0 aromatic heterocycles. The van der Waals surface area contributed by atoms with Gasteiger partial charge in [-0.25, -0.2) is 0 Å². The second-order valence-electron chi connectivity index (χ2n) is 7.88. The molecule has 134 valence electrons. The number of para-hydroxylation sites is 1. The Hall–Kier alpha value is -1.81. The van der Waals surface area contributed by atoms with E-state index < -0.39 is 0 Å². The maximum atomic E-state index is 12.4. The zero-order valence-corrected chi connectivity index (χ0v) is 14.9. The summed E-state index contributed by atoms with van der Waals surface area (Å²) >= 11 is 0. The second-order valence-corrected chi connectivity index (χ2v) is 7.88. The number of phenols is 1. The number of hydrogen-bond acceptors (Lipinski definition) is 4. The number of carbonyl (C=O) groups is 1. The minimum absolute atomic E-state index is 0.160. The van der Waals surface area contributed by atoms with Crippen molar-refractivity contribution in [1.82, 2.24) is 4.90 Å². The van der Waals surface area contributed by atoms with Crippen molar-refractivity contribution >= 4 is 5.97 Å². The first-order valence-corrected chi connectivity index (χ1v) is 9.54. The summed E-state index contributed by atoms with van der Waals surface area (Å²) in [5.41, 5.74) is 0.935. The summed E-state index contributed by atoms with van der Waals surface area (Å²) in [7, 11) is 2.15. The molecule has 0 radical (unpaired) electrons. The van der Waals surface area contributed by atoms with Gasteiger partial charge in [-0.3, -0.25) is 9.69 Å². The number of piperidine rings is 1. The highest BCUT2D eigenvalue weighted by atomic mass is 16.5. The Bertz CT molecular complexity index is 662. The van der Waals surface area contributed by atoms with Crippen molar-refractivity contribution in [1.29, 1.82) is 0 Å². The highest BCUT2D eigenvalue weighted by Crippen LogP contribution is 2.42. The van der Waals surface area contributed by atoms with Crippen LogP contribution in [0.4, 0.5) is 0 Å². The Labute approximate surface area is 149 Å². The summed E-state index contributed by atoms with van der Waals surface area (Å²) in [4.78, 5) is 14.8. The number of phenolic OH excluding ortho intramolecular Hbond substituents is 1. The monoisotopic (exact) mass is 341 g/mol. The largest absolute Gasteiger partial charge is 0.504 e. The molecule has 3 atom stereocenters. The highest BCUT2D eigenvalue weighted by Gasteiger charge is 2.35. The third-order valence-electron chi connectivity index (χ3n) is 6.26. The molecule has 1 N–H and O–H groups in total. The number of esters is 1. The first-order valence-electron chi connectivity index (χ1n) is 9.54. The first-order chi connectivity index (χ1) is 12.1. The van der Waals surface area contributed by atoms with Crippen molar-refractivity contribution in [3.05, 3.63) is 35.9 Å². The van der Waals surface area contributed by atoms with Crippen molar-refractivity contribution in [3.8, 4) is 11.5 Å². The van der Waals surface area contributed by atoms with E-state index in [1.54, 1.807) is 6.07 Å². The zero-order chi connectivity index (χ0) is 17.4. The van der Waals surface area contributed by atoms with E-state index in [1.165, 1.54) is 12.8 Å². The molecule has 2 bridgehead atoms. The zero-order valence-electron chi connectivity index (χ0n) is 14.9. The van der Waals surface area contributed by atoms with Gasteiger partial charge >= 0.3 is 5.97 Å². The summed E-state index contributed by atoms with van der Waals surface area (Å²) < 4.78 is 5.54. The molecule has 1 aromatic rings. The molecular weight excluding hydrogens is 314 g/mol. The van der Waals surface area contributed by atoms with E-state index in [2.05, 4.69) is 24.1 Å². The molecule has 0 spiro atoms. The Kier molecular flexibility index (Phi) is 4.55. The van der Waals surface area contributed by atoms with Gasteiger partial charge in [0.2, 0.25) is 0 Å². The highest BCUT2D eigenvalue weighted by molar-refractivity contribution is 5.74. The molecule has 4 rings (SSSR count). The molecule has 4 nitrogen and oxygen atoms in total. The fourth-order valence-corrected chi connectivity index (χ4v) is 4.80. The maximum Gasteiger partial charge on any atom is 0.311 e. The van der Waals surface area contributed by atoms with Crippen molar-refractivity contribution in [2.75, 3.05) is 7.05 Å². The predicted octanol–water partition coefficient (Wildman–Crippen LogP) is 3.99. The van der Waals surface area contributed by atoms with E-state index in [4.69, 9.17) is 4.74 Å². The van der Waals surface area contributed by atoms with E-state index in [9.17, 15) is 9.90 Å². The molecule has 2 aliphatic heterocycles. The predicted molar refractivity (Wildman–Crippen MR) is 96.8 cm³/mol. The number of likely N-dealkylation sites (N-methyl/N-ethyl adjacent to an activating group) is 1. The standard InChI is InChI=1S/C21H27NO3/c1-22-16-9-10-17(22)12-14(11-16)13-20(23)25-19-8-4-7-18(21(19)24)15-5-2-3-6-15/h4,7-10,14-17,24H,2-3,5-6,11-13H2,1H3/t14-,16-,17+. The number of carbonyl (C=O) groups excluding carboxylic acids is 1. The summed E-state index contributed by atoms with van der Waals surface area (Å²) in [5.74, 6) is 1.01. The molecule has 1 aliphatic carbocycles. The quantitative estimate of drug-likeness (QED) is 0.511. The smallest absolute Gasteiger partial charge is 0.311 e. The van der Waals surface area contributed by atoms with Crippen LogP contribution in [0.5, 0.6) is 11.5 Å². The van der Waals surface area contributed by atoms with Gasteiger partial charge < -0.3 is 9.84 Å². The molecule has 0 amide bonds. The fourth-order valence-electron chi connectivity index (χ4n) is 4.80. The van der Waals surface area contributed by atoms with Crippen molar-refractivity contribution < 1.29 is 14.6 Å². The van der Waals surface area contributed by atoms with Crippen molar-refractivity contribution in [3.63, 3.8) is 0 Å². The third-order valence-corrected chi connectivity index (χ3v) is 6.26. The lowest BCUT2D eigenvalue weighted by atomic mass is 9.88. The van der Waals surface area contributed by atoms with Crippen LogP contribution in [0.25, 0.3) is 0 Å². The molecule has 0 unspecified atom stereocenters. The maximum absolute atomic E-state index is 12.4. The summed E-state index contributed by atoms with van der Waals surface area (Å²) in [6.07, 6.45) is 11.6. The van der Waals surface area contributed by atoms with Gasteiger partial charge in [0.25, 0.3) is 0 Å². The van der Waals surface area contributed by atoms with Crippen LogP contribution in [0.15, 0.2) is 30.4 Å². The molecule has 1 saturated heterocycles. The van der Waals surface area contributed by atoms with E-state index >= 15 is 0 Å². The Morgan fingerprint density at radius 3 is 2.56 bits per heavy atom. The summed E-state index contributed by atoms with van der Waals surface area (Å²) in [6, 6.07) is 6.45. The average Bonchev–Trinajstić information content (AvgIpc) is 3.17. The second kappa shape index (κ2) is 6.83. The van der Waals surface area contributed by atoms with Crippen molar-refractivity contribution in [2.45, 2.75) is 62.9 Å². The summed E-state index contributed by atoms with van der Waals surface area (Å²) in [5, 5.41) is 10.5. The number of hydrogen-bond donors (Lipinski definition) is 1. The lowest BCUT2D eigenvalue weighted by Crippen LogP contribution is -2.41. The van der Waals surface area contributed by atoms with Gasteiger partial charge in [0, 0.05) is 24.1 Å². The fraction of sp³-hybridized carbons (Fsp3) is 0.571. The minimum atomic E-state index is -0.229. The molecule has 3 aliphatic rings. The number of benzene rings is 1. The molecule has 1 aromatic carbocycles. The Morgan fingerprint density at radius 1 is 1.20 bits per heavy atom. The molecule has 1 saturated carbocycles. The molecule has 4 heteroatoms. The minimum Gasteiger partial charge on any atom is -0.504 e. The van der Waals surface area contributed by atoms with Gasteiger partial charge in [0.15, 0.2) is 11.5 Å². The van der Waals surface area contributed by atoms with Crippen LogP contribution >= 0.6 is 0 Å². The Morgan fingerprint density at radius 2 is 1.88 bits per heavy atom. The Balaban J connectivity index is 1.39. The van der Waals surface area contributed by atoms with Gasteiger partial charge in [-0.2, -0.15) is 0 Å². The van der Waals surface area contributed by atoms with Gasteiger partial charge in [-0.05, 0) is 50.6 Å². The molecular formula is C21H27NO3. The van der Waals surface area contributed by atoms with Crippen LogP contribution in [0.2, 0.25) is 0 Å². The van der Waals surface area contributed by atoms with E-state index in [1.807, 2.05) is 12.1 Å². The van der Waals surface area contributed by atoms with Crippen LogP contribution in [0.1, 0.15) is 56.4 Å². The van der Waals surface area contributed by atoms with E-state index in [0.717, 1.165) is 31.2 Å². The van der Waals surface area contributed by atoms with Crippen LogP contribution in [-0.2, 0) is 4.79 Å². The van der Waals surface area contributed by atoms with Crippen LogP contribution in [0.3, 0.4) is 0 Å². The van der Waals surface area contributed by atoms with Crippen LogP contribution in [-0.4, -0.2) is 35.1 Å². The first kappa shape index (κ1) is 16.6. The van der Waals surface area contributed by atoms with E-state index in [-0.39, 0.29) is 11.7 Å². The van der Waals surface area contributed by atoms with Gasteiger partial charge in [0.1, 0.15) is 0 Å². The lowest BCUT2D eigenvalue weighted by Gasteiger charge is -2.36. The average molecular weight is 341 g/mol. The normalized spacial score (nSPS) is 29.2. The van der Waals surface area contributed by atoms with Crippen LogP contribution in [0, 0.1) is 5.92 Å². The number of aromatic hydroxyl groups is 1. The number of nitrogens with zero attached hydrogens (tertiary/aromatic N) is 1. The van der Waals surface area contributed by atoms with Gasteiger partial charge in [-0.1, -0.05) is 37.1 Å². The molecule has 2 fully saturated rings.